The van der Waals surface area contributed by atoms with Gasteiger partial charge in [0.25, 0.3) is 0 Å². The summed E-state index contributed by atoms with van der Waals surface area (Å²) in [4.78, 5) is 21.1. The van der Waals surface area contributed by atoms with Crippen molar-refractivity contribution in [3.63, 3.8) is 0 Å². The molecule has 1 N–H and O–H groups in total. The Kier molecular flexibility index (Phi) is 6.64. The molecule has 0 saturated heterocycles. The molecule has 1 unspecified atom stereocenters. The minimum Gasteiger partial charge on any atom is -0.480 e. The zero-order chi connectivity index (χ0) is 21.7. The molecule has 6 heteroatoms. The summed E-state index contributed by atoms with van der Waals surface area (Å²) >= 11 is 0. The van der Waals surface area contributed by atoms with E-state index in [1.807, 2.05) is 24.3 Å². The van der Waals surface area contributed by atoms with Crippen molar-refractivity contribution in [2.45, 2.75) is 76.2 Å². The largest absolute Gasteiger partial charge is 0.480 e. The predicted molar refractivity (Wildman–Crippen MR) is 122 cm³/mol. The van der Waals surface area contributed by atoms with Crippen molar-refractivity contribution in [3.05, 3.63) is 59.2 Å². The van der Waals surface area contributed by atoms with E-state index in [1.54, 1.807) is 18.4 Å². The van der Waals surface area contributed by atoms with Gasteiger partial charge in [-0.15, -0.1) is 0 Å². The Labute approximate surface area is 184 Å². The first-order valence-electron chi connectivity index (χ1n) is 11.6. The Hall–Kier alpha value is -2.76. The van der Waals surface area contributed by atoms with Crippen molar-refractivity contribution in [3.8, 4) is 0 Å². The van der Waals surface area contributed by atoms with Gasteiger partial charge >= 0.3 is 5.97 Å². The smallest absolute Gasteiger partial charge is 0.319 e. The fraction of sp³-hybridized carbons (Fsp3) is 0.520. The summed E-state index contributed by atoms with van der Waals surface area (Å²) in [5.74, 6) is 1.70. The number of aryl methyl sites for hydroxylation is 1. The second-order valence-electron chi connectivity index (χ2n) is 8.80. The Morgan fingerprint density at radius 3 is 2.61 bits per heavy atom. The van der Waals surface area contributed by atoms with Crippen LogP contribution < -0.4 is 0 Å². The fourth-order valence-corrected chi connectivity index (χ4v) is 4.62. The van der Waals surface area contributed by atoms with Crippen LogP contribution in [0.4, 0.5) is 0 Å². The lowest BCUT2D eigenvalue weighted by molar-refractivity contribution is -0.141. The standard InChI is InChI=1S/C25H32N4O2/c1-2-3-10-22-27-23(20-8-5-4-6-9-20)28-29(22)17-19-11-13-21(14-12-19)25(24(30)31)15-7-16-26-18-25/h7,11-16,20H,2-6,8-10,17-18H2,1H3,(H,30,31). The predicted octanol–water partition coefficient (Wildman–Crippen LogP) is 4.68. The molecule has 6 nitrogen and oxygen atoms in total. The van der Waals surface area contributed by atoms with Gasteiger partial charge in [0.1, 0.15) is 11.2 Å². The molecule has 164 valence electrons. The first kappa shape index (κ1) is 21.5. The number of hydrogen-bond acceptors (Lipinski definition) is 4. The van der Waals surface area contributed by atoms with Gasteiger partial charge in [-0.3, -0.25) is 9.79 Å². The number of aliphatic imine (C=N–C) groups is 1. The van der Waals surface area contributed by atoms with Crippen molar-refractivity contribution in [1.29, 1.82) is 0 Å². The summed E-state index contributed by atoms with van der Waals surface area (Å²) in [5.41, 5.74) is 0.774. The van der Waals surface area contributed by atoms with Crippen LogP contribution >= 0.6 is 0 Å². The van der Waals surface area contributed by atoms with E-state index >= 15 is 0 Å². The number of rotatable bonds is 8. The van der Waals surface area contributed by atoms with Crippen molar-refractivity contribution >= 4 is 12.2 Å². The van der Waals surface area contributed by atoms with Gasteiger partial charge in [-0.25, -0.2) is 9.67 Å². The van der Waals surface area contributed by atoms with Crippen LogP contribution in [0.15, 0.2) is 41.4 Å². The third kappa shape index (κ3) is 4.63. The van der Waals surface area contributed by atoms with E-state index in [4.69, 9.17) is 10.1 Å². The molecule has 2 heterocycles. The van der Waals surface area contributed by atoms with Crippen molar-refractivity contribution in [2.75, 3.05) is 6.54 Å². The van der Waals surface area contributed by atoms with Gasteiger partial charge in [-0.1, -0.05) is 62.9 Å². The molecule has 2 aliphatic rings. The maximum absolute atomic E-state index is 12.0. The van der Waals surface area contributed by atoms with Gasteiger partial charge in [0.05, 0.1) is 13.1 Å². The Balaban J connectivity index is 1.55. The Morgan fingerprint density at radius 2 is 1.97 bits per heavy atom. The van der Waals surface area contributed by atoms with Gasteiger partial charge < -0.3 is 5.11 Å². The zero-order valence-electron chi connectivity index (χ0n) is 18.3. The van der Waals surface area contributed by atoms with Crippen molar-refractivity contribution in [1.82, 2.24) is 14.8 Å². The molecule has 4 rings (SSSR count). The molecule has 0 spiro atoms. The van der Waals surface area contributed by atoms with Gasteiger partial charge in [-0.2, -0.15) is 5.10 Å². The minimum absolute atomic E-state index is 0.229. The number of carboxylic acid groups (broad SMARTS) is 1. The molecule has 1 fully saturated rings. The van der Waals surface area contributed by atoms with Crippen LogP contribution in [0.5, 0.6) is 0 Å². The van der Waals surface area contributed by atoms with Crippen LogP contribution in [-0.2, 0) is 23.2 Å². The first-order valence-corrected chi connectivity index (χ1v) is 11.6. The topological polar surface area (TPSA) is 80.4 Å². The highest BCUT2D eigenvalue weighted by atomic mass is 16.4. The summed E-state index contributed by atoms with van der Waals surface area (Å²) in [5, 5.41) is 14.8. The van der Waals surface area contributed by atoms with Crippen LogP contribution in [0.25, 0.3) is 0 Å². The maximum Gasteiger partial charge on any atom is 0.319 e. The average molecular weight is 421 g/mol. The zero-order valence-corrected chi connectivity index (χ0v) is 18.3. The van der Waals surface area contributed by atoms with Crippen LogP contribution in [-0.4, -0.2) is 38.6 Å². The second kappa shape index (κ2) is 9.58. The molecule has 0 radical (unpaired) electrons. The summed E-state index contributed by atoms with van der Waals surface area (Å²) in [6.07, 6.45) is 14.5. The number of nitrogens with zero attached hydrogens (tertiary/aromatic N) is 4. The number of unbranched alkanes of at least 4 members (excludes halogenated alkanes) is 1. The van der Waals surface area contributed by atoms with E-state index in [1.165, 1.54) is 32.1 Å². The quantitative estimate of drug-likeness (QED) is 0.672. The lowest BCUT2D eigenvalue weighted by Crippen LogP contribution is -2.38. The monoisotopic (exact) mass is 420 g/mol. The third-order valence-electron chi connectivity index (χ3n) is 6.58. The Bertz CT molecular complexity index is 954. The molecule has 1 aromatic heterocycles. The number of dihydropyridines is 1. The summed E-state index contributed by atoms with van der Waals surface area (Å²) < 4.78 is 2.06. The third-order valence-corrected chi connectivity index (χ3v) is 6.58. The molecule has 0 bridgehead atoms. The molecule has 1 atom stereocenters. The van der Waals surface area contributed by atoms with Crippen LogP contribution in [0.1, 0.15) is 80.6 Å². The number of carboxylic acids is 1. The summed E-state index contributed by atoms with van der Waals surface area (Å²) in [6.45, 7) is 3.09. The summed E-state index contributed by atoms with van der Waals surface area (Å²) in [6, 6.07) is 7.86. The van der Waals surface area contributed by atoms with Crippen LogP contribution in [0, 0.1) is 0 Å². The SMILES string of the molecule is CCCCc1nc(C2CCCCC2)nn1Cc1ccc(C2(C(=O)O)C=CC=NC2)cc1. The van der Waals surface area contributed by atoms with Crippen molar-refractivity contribution in [2.24, 2.45) is 4.99 Å². The normalized spacial score (nSPS) is 21.5. The molecule has 1 aromatic carbocycles. The molecule has 0 amide bonds. The van der Waals surface area contributed by atoms with Crippen LogP contribution in [0.3, 0.4) is 0 Å². The lowest BCUT2D eigenvalue weighted by Gasteiger charge is -2.26. The first-order chi connectivity index (χ1) is 15.1. The number of allylic oxidation sites excluding steroid dienone is 1. The number of benzene rings is 1. The van der Waals surface area contributed by atoms with E-state index in [2.05, 4.69) is 16.6 Å². The van der Waals surface area contributed by atoms with Gasteiger partial charge in [-0.05, 0) is 36.5 Å². The van der Waals surface area contributed by atoms with Crippen LogP contribution in [0.2, 0.25) is 0 Å². The van der Waals surface area contributed by atoms with E-state index < -0.39 is 11.4 Å². The number of aromatic nitrogens is 3. The number of hydrogen-bond donors (Lipinski definition) is 1. The average Bonchev–Trinajstić information content (AvgIpc) is 3.21. The van der Waals surface area contributed by atoms with Crippen molar-refractivity contribution < 1.29 is 9.90 Å². The molecule has 1 aliphatic heterocycles. The highest BCUT2D eigenvalue weighted by molar-refractivity contribution is 5.88. The number of carbonyl (C=O) groups is 1. The molecular weight excluding hydrogens is 388 g/mol. The second-order valence-corrected chi connectivity index (χ2v) is 8.80. The maximum atomic E-state index is 12.0. The van der Waals surface area contributed by atoms with E-state index in [0.29, 0.717) is 12.5 Å². The lowest BCUT2D eigenvalue weighted by atomic mass is 9.79. The van der Waals surface area contributed by atoms with E-state index in [-0.39, 0.29) is 6.54 Å². The van der Waals surface area contributed by atoms with Gasteiger partial charge in [0.15, 0.2) is 5.82 Å². The fourth-order valence-electron chi connectivity index (χ4n) is 4.62. The van der Waals surface area contributed by atoms with Gasteiger partial charge in [0.2, 0.25) is 0 Å². The summed E-state index contributed by atoms with van der Waals surface area (Å²) in [7, 11) is 0. The van der Waals surface area contributed by atoms with E-state index in [9.17, 15) is 9.90 Å². The molecular formula is C25H32N4O2. The van der Waals surface area contributed by atoms with E-state index in [0.717, 1.165) is 42.0 Å². The highest BCUT2D eigenvalue weighted by Gasteiger charge is 2.38. The number of aliphatic carboxylic acids is 1. The minimum atomic E-state index is -1.08. The highest BCUT2D eigenvalue weighted by Crippen LogP contribution is 2.32. The molecule has 31 heavy (non-hydrogen) atoms. The molecule has 2 aromatic rings. The molecule has 1 saturated carbocycles. The molecule has 1 aliphatic carbocycles. The van der Waals surface area contributed by atoms with Gasteiger partial charge in [0, 0.05) is 18.6 Å². The Morgan fingerprint density at radius 1 is 1.19 bits per heavy atom.